The van der Waals surface area contributed by atoms with E-state index in [2.05, 4.69) is 16.9 Å². The molecule has 106 valence electrons. The zero-order chi connectivity index (χ0) is 14.8. The lowest BCUT2D eigenvalue weighted by molar-refractivity contribution is -0.144. The molecular weight excluding hydrogens is 285 g/mol. The number of hydrogen-bond donors (Lipinski definition) is 1. The standard InChI is InChI=1S/C14H13F3N2S/c1-2-3-9-4-6-10(7-5-9)11-8-12(20)19-13(18-11)14(15,16)17/h4-8H,2-3H2,1H3,(H,18,19,20). The van der Waals surface area contributed by atoms with Crippen molar-refractivity contribution in [2.75, 3.05) is 0 Å². The summed E-state index contributed by atoms with van der Waals surface area (Å²) in [4.78, 5) is 5.60. The summed E-state index contributed by atoms with van der Waals surface area (Å²) in [6.07, 6.45) is -2.57. The van der Waals surface area contributed by atoms with Crippen molar-refractivity contribution in [1.82, 2.24) is 9.97 Å². The van der Waals surface area contributed by atoms with Gasteiger partial charge in [0.05, 0.1) is 0 Å². The SMILES string of the molecule is CCCc1ccc(-c2cc(=S)nc(C(F)(F)F)[nH]2)cc1. The molecule has 0 bridgehead atoms. The van der Waals surface area contributed by atoms with Crippen molar-refractivity contribution in [2.45, 2.75) is 25.9 Å². The van der Waals surface area contributed by atoms with Gasteiger partial charge >= 0.3 is 6.18 Å². The number of nitrogens with zero attached hydrogens (tertiary/aromatic N) is 1. The number of hydrogen-bond acceptors (Lipinski definition) is 2. The van der Waals surface area contributed by atoms with Gasteiger partial charge in [0.2, 0.25) is 5.82 Å². The summed E-state index contributed by atoms with van der Waals surface area (Å²) in [5, 5.41) is 0. The van der Waals surface area contributed by atoms with Gasteiger partial charge in [-0.15, -0.1) is 0 Å². The summed E-state index contributed by atoms with van der Waals surface area (Å²) in [6.45, 7) is 2.07. The van der Waals surface area contributed by atoms with Crippen LogP contribution in [0.25, 0.3) is 11.3 Å². The molecule has 1 heterocycles. The van der Waals surface area contributed by atoms with Crippen molar-refractivity contribution < 1.29 is 13.2 Å². The maximum atomic E-state index is 12.7. The van der Waals surface area contributed by atoms with Crippen LogP contribution < -0.4 is 0 Å². The van der Waals surface area contributed by atoms with Crippen LogP contribution in [-0.2, 0) is 12.6 Å². The number of aryl methyl sites for hydroxylation is 1. The molecule has 2 aromatic rings. The fraction of sp³-hybridized carbons (Fsp3) is 0.286. The first-order valence-electron chi connectivity index (χ1n) is 6.18. The monoisotopic (exact) mass is 298 g/mol. The lowest BCUT2D eigenvalue weighted by Gasteiger charge is -2.09. The molecule has 1 N–H and O–H groups in total. The number of halogens is 3. The van der Waals surface area contributed by atoms with E-state index in [0.717, 1.165) is 18.4 Å². The number of alkyl halides is 3. The van der Waals surface area contributed by atoms with Gasteiger partial charge in [0.15, 0.2) is 0 Å². The van der Waals surface area contributed by atoms with E-state index in [1.54, 1.807) is 12.1 Å². The van der Waals surface area contributed by atoms with Crippen LogP contribution in [0.3, 0.4) is 0 Å². The van der Waals surface area contributed by atoms with E-state index in [1.165, 1.54) is 6.07 Å². The Labute approximate surface area is 119 Å². The van der Waals surface area contributed by atoms with Crippen molar-refractivity contribution in [1.29, 1.82) is 0 Å². The summed E-state index contributed by atoms with van der Waals surface area (Å²) in [5.41, 5.74) is 2.13. The van der Waals surface area contributed by atoms with Gasteiger partial charge in [-0.1, -0.05) is 49.8 Å². The first-order chi connectivity index (χ1) is 9.40. The third-order valence-electron chi connectivity index (χ3n) is 2.82. The van der Waals surface area contributed by atoms with Crippen molar-refractivity contribution in [3.05, 3.63) is 46.4 Å². The second-order valence-corrected chi connectivity index (χ2v) is 4.84. The van der Waals surface area contributed by atoms with Gasteiger partial charge in [0, 0.05) is 5.69 Å². The maximum Gasteiger partial charge on any atom is 0.449 e. The summed E-state index contributed by atoms with van der Waals surface area (Å²) < 4.78 is 38.0. The fourth-order valence-electron chi connectivity index (χ4n) is 1.89. The highest BCUT2D eigenvalue weighted by Gasteiger charge is 2.34. The quantitative estimate of drug-likeness (QED) is 0.826. The van der Waals surface area contributed by atoms with Crippen LogP contribution in [0.4, 0.5) is 13.2 Å². The minimum Gasteiger partial charge on any atom is -0.336 e. The number of rotatable bonds is 3. The molecule has 0 amide bonds. The molecule has 0 atom stereocenters. The van der Waals surface area contributed by atoms with Gasteiger partial charge in [0.25, 0.3) is 0 Å². The summed E-state index contributed by atoms with van der Waals surface area (Å²) in [5.74, 6) is -1.07. The maximum absolute atomic E-state index is 12.7. The predicted molar refractivity (Wildman–Crippen MR) is 73.9 cm³/mol. The van der Waals surface area contributed by atoms with E-state index in [-0.39, 0.29) is 4.64 Å². The second-order valence-electron chi connectivity index (χ2n) is 4.43. The predicted octanol–water partition coefficient (Wildman–Crippen LogP) is 4.78. The zero-order valence-corrected chi connectivity index (χ0v) is 11.6. The molecule has 0 radical (unpaired) electrons. The largest absolute Gasteiger partial charge is 0.449 e. The van der Waals surface area contributed by atoms with Crippen LogP contribution in [0.5, 0.6) is 0 Å². The van der Waals surface area contributed by atoms with Gasteiger partial charge in [-0.05, 0) is 23.6 Å². The molecule has 1 aromatic heterocycles. The van der Waals surface area contributed by atoms with Crippen LogP contribution in [0.15, 0.2) is 30.3 Å². The molecule has 6 heteroatoms. The molecule has 0 spiro atoms. The second kappa shape index (κ2) is 5.75. The molecule has 0 saturated heterocycles. The lowest BCUT2D eigenvalue weighted by atomic mass is 10.1. The number of H-pyrrole nitrogens is 1. The lowest BCUT2D eigenvalue weighted by Crippen LogP contribution is -2.11. The average molecular weight is 298 g/mol. The Kier molecular flexibility index (Phi) is 4.23. The Morgan fingerprint density at radius 1 is 1.20 bits per heavy atom. The number of aromatic nitrogens is 2. The molecule has 0 aliphatic carbocycles. The first kappa shape index (κ1) is 14.7. The van der Waals surface area contributed by atoms with Gasteiger partial charge in [-0.25, -0.2) is 4.98 Å². The minimum absolute atomic E-state index is 0.0799. The van der Waals surface area contributed by atoms with Crippen molar-refractivity contribution in [2.24, 2.45) is 0 Å². The first-order valence-corrected chi connectivity index (χ1v) is 6.59. The average Bonchev–Trinajstić information content (AvgIpc) is 2.38. The summed E-state index contributed by atoms with van der Waals surface area (Å²) in [7, 11) is 0. The van der Waals surface area contributed by atoms with Crippen LogP contribution in [0.2, 0.25) is 0 Å². The molecule has 20 heavy (non-hydrogen) atoms. The molecule has 1 aromatic carbocycles. The van der Waals surface area contributed by atoms with Gasteiger partial charge in [-0.3, -0.25) is 0 Å². The van der Waals surface area contributed by atoms with Crippen LogP contribution in [0, 0.1) is 4.64 Å². The zero-order valence-electron chi connectivity index (χ0n) is 10.8. The Morgan fingerprint density at radius 2 is 1.85 bits per heavy atom. The fourth-order valence-corrected chi connectivity index (χ4v) is 2.10. The van der Waals surface area contributed by atoms with E-state index >= 15 is 0 Å². The Hall–Kier alpha value is -1.69. The Morgan fingerprint density at radius 3 is 2.40 bits per heavy atom. The topological polar surface area (TPSA) is 28.7 Å². The number of aromatic amines is 1. The van der Waals surface area contributed by atoms with Gasteiger partial charge in [-0.2, -0.15) is 13.2 Å². The molecule has 0 saturated carbocycles. The van der Waals surface area contributed by atoms with Crippen LogP contribution in [-0.4, -0.2) is 9.97 Å². The Balaban J connectivity index is 2.42. The number of nitrogens with one attached hydrogen (secondary N) is 1. The van der Waals surface area contributed by atoms with Crippen LogP contribution >= 0.6 is 12.2 Å². The van der Waals surface area contributed by atoms with E-state index < -0.39 is 12.0 Å². The smallest absolute Gasteiger partial charge is 0.336 e. The van der Waals surface area contributed by atoms with Crippen LogP contribution in [0.1, 0.15) is 24.7 Å². The van der Waals surface area contributed by atoms with E-state index in [4.69, 9.17) is 12.2 Å². The molecule has 0 unspecified atom stereocenters. The highest BCUT2D eigenvalue weighted by Crippen LogP contribution is 2.28. The number of benzene rings is 1. The van der Waals surface area contributed by atoms with Gasteiger partial charge < -0.3 is 4.98 Å². The van der Waals surface area contributed by atoms with Gasteiger partial charge in [0.1, 0.15) is 4.64 Å². The Bertz CT molecular complexity index is 645. The highest BCUT2D eigenvalue weighted by atomic mass is 32.1. The van der Waals surface area contributed by atoms with E-state index in [9.17, 15) is 13.2 Å². The third-order valence-corrected chi connectivity index (χ3v) is 3.02. The molecule has 2 nitrogen and oxygen atoms in total. The van der Waals surface area contributed by atoms with Crippen molar-refractivity contribution in [3.63, 3.8) is 0 Å². The molecule has 0 fully saturated rings. The summed E-state index contributed by atoms with van der Waals surface area (Å²) >= 11 is 4.79. The normalized spacial score (nSPS) is 11.6. The van der Waals surface area contributed by atoms with E-state index in [1.807, 2.05) is 12.1 Å². The molecular formula is C14H13F3N2S. The third kappa shape index (κ3) is 3.45. The minimum atomic E-state index is -4.54. The molecule has 0 aliphatic rings. The highest BCUT2D eigenvalue weighted by molar-refractivity contribution is 7.71. The molecule has 0 aliphatic heterocycles. The van der Waals surface area contributed by atoms with E-state index in [0.29, 0.717) is 11.3 Å². The summed E-state index contributed by atoms with van der Waals surface area (Å²) in [6, 6.07) is 8.81. The van der Waals surface area contributed by atoms with Crippen molar-refractivity contribution in [3.8, 4) is 11.3 Å². The molecule has 2 rings (SSSR count). The van der Waals surface area contributed by atoms with Crippen molar-refractivity contribution >= 4 is 12.2 Å².